The van der Waals surface area contributed by atoms with E-state index in [1.165, 1.54) is 11.3 Å². The number of hydrogen-bond donors (Lipinski definition) is 1. The molecule has 0 saturated heterocycles. The van der Waals surface area contributed by atoms with E-state index in [4.69, 9.17) is 4.42 Å². The van der Waals surface area contributed by atoms with Crippen LogP contribution in [0.3, 0.4) is 0 Å². The molecule has 2 aromatic heterocycles. The molecule has 0 aliphatic rings. The Bertz CT molecular complexity index is 821. The monoisotopic (exact) mass is 353 g/mol. The van der Waals surface area contributed by atoms with Crippen molar-refractivity contribution < 1.29 is 18.0 Å². The van der Waals surface area contributed by atoms with Crippen molar-refractivity contribution in [2.24, 2.45) is 0 Å². The molecule has 0 saturated carbocycles. The van der Waals surface area contributed by atoms with Crippen LogP contribution in [0, 0.1) is 11.6 Å². The topological polar surface area (TPSA) is 68.0 Å². The summed E-state index contributed by atoms with van der Waals surface area (Å²) in [6, 6.07) is 6.64. The second-order valence-corrected chi connectivity index (χ2v) is 6.19. The maximum Gasteiger partial charge on any atom is 0.277 e. The van der Waals surface area contributed by atoms with Crippen molar-refractivity contribution in [3.05, 3.63) is 47.3 Å². The first-order chi connectivity index (χ1) is 11.1. The van der Waals surface area contributed by atoms with Gasteiger partial charge in [0.25, 0.3) is 11.1 Å². The van der Waals surface area contributed by atoms with Crippen LogP contribution in [0.1, 0.15) is 0 Å². The zero-order valence-corrected chi connectivity index (χ0v) is 13.1. The minimum Gasteiger partial charge on any atom is -0.410 e. The molecule has 23 heavy (non-hydrogen) atoms. The second-order valence-electron chi connectivity index (χ2n) is 4.31. The summed E-state index contributed by atoms with van der Waals surface area (Å²) in [7, 11) is 0. The van der Waals surface area contributed by atoms with E-state index < -0.39 is 17.5 Å². The lowest BCUT2D eigenvalue weighted by Gasteiger charge is -2.05. The third kappa shape index (κ3) is 3.93. The molecule has 0 aliphatic carbocycles. The molecule has 0 unspecified atom stereocenters. The molecule has 118 valence electrons. The average molecular weight is 353 g/mol. The smallest absolute Gasteiger partial charge is 0.277 e. The average Bonchev–Trinajstić information content (AvgIpc) is 3.18. The predicted octanol–water partition coefficient (Wildman–Crippen LogP) is 3.81. The summed E-state index contributed by atoms with van der Waals surface area (Å²) in [4.78, 5) is 12.6. The Labute approximate surface area is 137 Å². The molecule has 3 aromatic rings. The highest BCUT2D eigenvalue weighted by atomic mass is 32.2. The van der Waals surface area contributed by atoms with Crippen molar-refractivity contribution in [3.8, 4) is 10.8 Å². The Morgan fingerprint density at radius 1 is 1.30 bits per heavy atom. The summed E-state index contributed by atoms with van der Waals surface area (Å²) < 4.78 is 31.6. The minimum absolute atomic E-state index is 0.0388. The Balaban J connectivity index is 1.57. The molecule has 0 bridgehead atoms. The van der Waals surface area contributed by atoms with Crippen molar-refractivity contribution in [1.82, 2.24) is 10.2 Å². The van der Waals surface area contributed by atoms with Crippen LogP contribution in [0.5, 0.6) is 0 Å². The lowest BCUT2D eigenvalue weighted by atomic mass is 10.3. The summed E-state index contributed by atoms with van der Waals surface area (Å²) in [6.45, 7) is 0. The third-order valence-corrected chi connectivity index (χ3v) is 4.35. The zero-order valence-electron chi connectivity index (χ0n) is 11.5. The number of benzene rings is 1. The fourth-order valence-corrected chi connectivity index (χ4v) is 2.88. The van der Waals surface area contributed by atoms with E-state index in [0.29, 0.717) is 12.0 Å². The van der Waals surface area contributed by atoms with Crippen molar-refractivity contribution >= 4 is 34.7 Å². The summed E-state index contributed by atoms with van der Waals surface area (Å²) in [6.07, 6.45) is 0. The van der Waals surface area contributed by atoms with Gasteiger partial charge >= 0.3 is 0 Å². The molecular formula is C14H9F2N3O2S2. The molecule has 0 fully saturated rings. The number of carbonyl (C=O) groups excluding carboxylic acids is 1. The molecule has 1 aromatic carbocycles. The number of hydrogen-bond acceptors (Lipinski definition) is 6. The van der Waals surface area contributed by atoms with Crippen LogP contribution in [0.25, 0.3) is 10.8 Å². The van der Waals surface area contributed by atoms with Gasteiger partial charge < -0.3 is 9.73 Å². The van der Waals surface area contributed by atoms with E-state index in [2.05, 4.69) is 15.5 Å². The van der Waals surface area contributed by atoms with Crippen LogP contribution < -0.4 is 5.32 Å². The number of amides is 1. The number of thioether (sulfide) groups is 1. The summed E-state index contributed by atoms with van der Waals surface area (Å²) in [5, 5.41) is 12.2. The predicted molar refractivity (Wildman–Crippen MR) is 83.3 cm³/mol. The standard InChI is InChI=1S/C14H9F2N3O2S2/c15-8-3-4-10(9(16)6-8)17-12(20)7-23-14-19-18-13(21-14)11-2-1-5-22-11/h1-6H,7H2,(H,17,20). The lowest BCUT2D eigenvalue weighted by Crippen LogP contribution is -2.15. The Hall–Kier alpha value is -2.26. The van der Waals surface area contributed by atoms with E-state index >= 15 is 0 Å². The highest BCUT2D eigenvalue weighted by molar-refractivity contribution is 7.99. The highest BCUT2D eigenvalue weighted by Gasteiger charge is 2.13. The number of carbonyl (C=O) groups is 1. The van der Waals surface area contributed by atoms with E-state index in [9.17, 15) is 13.6 Å². The molecule has 2 heterocycles. The molecular weight excluding hydrogens is 344 g/mol. The van der Waals surface area contributed by atoms with E-state index in [1.54, 1.807) is 0 Å². The first-order valence-corrected chi connectivity index (χ1v) is 8.23. The summed E-state index contributed by atoms with van der Waals surface area (Å²) in [5.41, 5.74) is -0.0817. The van der Waals surface area contributed by atoms with Crippen molar-refractivity contribution in [1.29, 1.82) is 0 Å². The quantitative estimate of drug-likeness (QED) is 0.707. The third-order valence-electron chi connectivity index (χ3n) is 2.67. The number of rotatable bonds is 5. The highest BCUT2D eigenvalue weighted by Crippen LogP contribution is 2.26. The van der Waals surface area contributed by atoms with Gasteiger partial charge in [0.05, 0.1) is 16.3 Å². The normalized spacial score (nSPS) is 10.7. The molecule has 1 amide bonds. The van der Waals surface area contributed by atoms with Gasteiger partial charge in [0, 0.05) is 6.07 Å². The van der Waals surface area contributed by atoms with Gasteiger partial charge in [0.2, 0.25) is 5.91 Å². The number of thiophene rings is 1. The van der Waals surface area contributed by atoms with Crippen LogP contribution >= 0.6 is 23.1 Å². The Morgan fingerprint density at radius 2 is 2.17 bits per heavy atom. The Kier molecular flexibility index (Phi) is 4.68. The molecule has 0 radical (unpaired) electrons. The number of aromatic nitrogens is 2. The summed E-state index contributed by atoms with van der Waals surface area (Å²) in [5.74, 6) is -1.66. The SMILES string of the molecule is O=C(CSc1nnc(-c2cccs2)o1)Nc1ccc(F)cc1F. The maximum atomic E-state index is 13.4. The van der Waals surface area contributed by atoms with Gasteiger partial charge in [-0.05, 0) is 23.6 Å². The first kappa shape index (κ1) is 15.6. The fraction of sp³-hybridized carbons (Fsp3) is 0.0714. The van der Waals surface area contributed by atoms with Gasteiger partial charge in [-0.2, -0.15) is 0 Å². The maximum absolute atomic E-state index is 13.4. The zero-order chi connectivity index (χ0) is 16.2. The largest absolute Gasteiger partial charge is 0.410 e. The van der Waals surface area contributed by atoms with Gasteiger partial charge in [0.1, 0.15) is 11.6 Å². The summed E-state index contributed by atoms with van der Waals surface area (Å²) >= 11 is 2.49. The lowest BCUT2D eigenvalue weighted by molar-refractivity contribution is -0.113. The Morgan fingerprint density at radius 3 is 2.91 bits per heavy atom. The van der Waals surface area contributed by atoms with Gasteiger partial charge in [-0.25, -0.2) is 8.78 Å². The number of nitrogens with one attached hydrogen (secondary N) is 1. The molecule has 0 spiro atoms. The molecule has 9 heteroatoms. The van der Waals surface area contributed by atoms with E-state index in [1.807, 2.05) is 17.5 Å². The van der Waals surface area contributed by atoms with Crippen LogP contribution in [-0.4, -0.2) is 21.9 Å². The molecule has 3 rings (SSSR count). The van der Waals surface area contributed by atoms with Gasteiger partial charge in [0.15, 0.2) is 0 Å². The van der Waals surface area contributed by atoms with Gasteiger partial charge in [-0.15, -0.1) is 21.5 Å². The van der Waals surface area contributed by atoms with Crippen molar-refractivity contribution in [2.75, 3.05) is 11.1 Å². The molecule has 5 nitrogen and oxygen atoms in total. The molecule has 1 N–H and O–H groups in total. The fourth-order valence-electron chi connectivity index (χ4n) is 1.67. The second kappa shape index (κ2) is 6.88. The molecule has 0 atom stereocenters. The van der Waals surface area contributed by atoms with Gasteiger partial charge in [-0.3, -0.25) is 4.79 Å². The van der Waals surface area contributed by atoms with Crippen LogP contribution in [0.15, 0.2) is 45.4 Å². The van der Waals surface area contributed by atoms with Crippen LogP contribution in [0.4, 0.5) is 14.5 Å². The number of halogens is 2. The van der Waals surface area contributed by atoms with Crippen molar-refractivity contribution in [3.63, 3.8) is 0 Å². The molecule has 0 aliphatic heterocycles. The minimum atomic E-state index is -0.832. The first-order valence-electron chi connectivity index (χ1n) is 6.37. The van der Waals surface area contributed by atoms with Crippen molar-refractivity contribution in [2.45, 2.75) is 5.22 Å². The van der Waals surface area contributed by atoms with Gasteiger partial charge in [-0.1, -0.05) is 17.8 Å². The number of nitrogens with zero attached hydrogens (tertiary/aromatic N) is 2. The van der Waals surface area contributed by atoms with E-state index in [-0.39, 0.29) is 16.7 Å². The van der Waals surface area contributed by atoms with E-state index in [0.717, 1.165) is 28.8 Å². The van der Waals surface area contributed by atoms with Crippen LogP contribution in [-0.2, 0) is 4.79 Å². The van der Waals surface area contributed by atoms with Crippen LogP contribution in [0.2, 0.25) is 0 Å². The number of anilines is 1.